The van der Waals surface area contributed by atoms with E-state index in [0.29, 0.717) is 32.8 Å². The minimum Gasteiger partial charge on any atom is -0.378 e. The zero-order chi connectivity index (χ0) is 16.2. The number of morpholine rings is 1. The van der Waals surface area contributed by atoms with Gasteiger partial charge in [-0.2, -0.15) is 0 Å². The van der Waals surface area contributed by atoms with Crippen LogP contribution in [0.3, 0.4) is 0 Å². The number of hydrogen-bond donors (Lipinski definition) is 0. The van der Waals surface area contributed by atoms with E-state index >= 15 is 0 Å². The van der Waals surface area contributed by atoms with Crippen molar-refractivity contribution in [1.29, 1.82) is 0 Å². The molecule has 0 atom stereocenters. The zero-order valence-corrected chi connectivity index (χ0v) is 13.2. The van der Waals surface area contributed by atoms with Crippen LogP contribution in [0.25, 0.3) is 0 Å². The van der Waals surface area contributed by atoms with Crippen LogP contribution in [0.2, 0.25) is 0 Å². The first-order chi connectivity index (χ1) is 11.1. The zero-order valence-electron chi connectivity index (χ0n) is 13.2. The van der Waals surface area contributed by atoms with E-state index in [0.717, 1.165) is 11.1 Å². The maximum Gasteiger partial charge on any atom is 0.263 e. The Morgan fingerprint density at radius 1 is 1.17 bits per heavy atom. The fourth-order valence-corrected chi connectivity index (χ4v) is 2.77. The number of nitrogens with zero attached hydrogens (tertiary/aromatic N) is 2. The number of rotatable bonds is 3. The summed E-state index contributed by atoms with van der Waals surface area (Å²) in [6.07, 6.45) is 1.72. The summed E-state index contributed by atoms with van der Waals surface area (Å²) in [5.74, 6) is -0.211. The van der Waals surface area contributed by atoms with Crippen LogP contribution in [-0.4, -0.2) is 41.7 Å². The third-order valence-electron chi connectivity index (χ3n) is 3.98. The molecular weight excluding hydrogens is 292 g/mol. The molecule has 1 aliphatic heterocycles. The molecule has 0 spiro atoms. The molecule has 0 aliphatic carbocycles. The third-order valence-corrected chi connectivity index (χ3v) is 3.98. The summed E-state index contributed by atoms with van der Waals surface area (Å²) in [5, 5.41) is 0. The van der Waals surface area contributed by atoms with E-state index in [-0.39, 0.29) is 17.0 Å². The van der Waals surface area contributed by atoms with Crippen molar-refractivity contribution in [3.63, 3.8) is 0 Å². The normalized spacial score (nSPS) is 14.7. The molecule has 2 aromatic rings. The van der Waals surface area contributed by atoms with Crippen molar-refractivity contribution >= 4 is 5.91 Å². The molecule has 2 heterocycles. The Morgan fingerprint density at radius 3 is 2.70 bits per heavy atom. The molecule has 0 bridgehead atoms. The summed E-state index contributed by atoms with van der Waals surface area (Å²) in [5.41, 5.74) is 2.17. The van der Waals surface area contributed by atoms with E-state index in [2.05, 4.69) is 0 Å². The van der Waals surface area contributed by atoms with E-state index in [4.69, 9.17) is 4.74 Å². The third kappa shape index (κ3) is 3.51. The van der Waals surface area contributed by atoms with Crippen LogP contribution >= 0.6 is 0 Å². The average molecular weight is 312 g/mol. The number of ether oxygens (including phenoxy) is 1. The van der Waals surface area contributed by atoms with Gasteiger partial charge in [-0.1, -0.05) is 29.8 Å². The summed E-state index contributed by atoms with van der Waals surface area (Å²) >= 11 is 0. The van der Waals surface area contributed by atoms with Crippen LogP contribution in [0.1, 0.15) is 21.5 Å². The van der Waals surface area contributed by atoms with Gasteiger partial charge in [-0.3, -0.25) is 9.59 Å². The molecule has 5 nitrogen and oxygen atoms in total. The van der Waals surface area contributed by atoms with Gasteiger partial charge in [-0.25, -0.2) is 0 Å². The van der Waals surface area contributed by atoms with Crippen LogP contribution in [0.4, 0.5) is 0 Å². The summed E-state index contributed by atoms with van der Waals surface area (Å²) in [6, 6.07) is 11.4. The quantitative estimate of drug-likeness (QED) is 0.866. The monoisotopic (exact) mass is 312 g/mol. The second kappa shape index (κ2) is 6.79. The summed E-state index contributed by atoms with van der Waals surface area (Å²) < 4.78 is 6.84. The minimum absolute atomic E-state index is 0.211. The molecule has 5 heteroatoms. The van der Waals surface area contributed by atoms with Crippen molar-refractivity contribution in [3.05, 3.63) is 69.6 Å². The maximum absolute atomic E-state index is 12.6. The highest BCUT2D eigenvalue weighted by Crippen LogP contribution is 2.07. The van der Waals surface area contributed by atoms with Gasteiger partial charge in [-0.15, -0.1) is 0 Å². The number of hydrogen-bond acceptors (Lipinski definition) is 3. The van der Waals surface area contributed by atoms with Gasteiger partial charge in [0.05, 0.1) is 19.8 Å². The number of carbonyl (C=O) groups excluding carboxylic acids is 1. The fraction of sp³-hybridized carbons (Fsp3) is 0.333. The molecule has 1 amide bonds. The Hall–Kier alpha value is -2.40. The van der Waals surface area contributed by atoms with Crippen molar-refractivity contribution in [1.82, 2.24) is 9.47 Å². The minimum atomic E-state index is -0.245. The topological polar surface area (TPSA) is 51.5 Å². The number of benzene rings is 1. The van der Waals surface area contributed by atoms with Gasteiger partial charge in [0, 0.05) is 19.3 Å². The Morgan fingerprint density at radius 2 is 1.96 bits per heavy atom. The largest absolute Gasteiger partial charge is 0.378 e. The highest BCUT2D eigenvalue weighted by Gasteiger charge is 2.21. The summed E-state index contributed by atoms with van der Waals surface area (Å²) in [6.45, 7) is 4.59. The van der Waals surface area contributed by atoms with Crippen molar-refractivity contribution < 1.29 is 9.53 Å². The molecule has 1 aromatic carbocycles. The van der Waals surface area contributed by atoms with Gasteiger partial charge in [0.15, 0.2) is 0 Å². The molecule has 0 radical (unpaired) electrons. The van der Waals surface area contributed by atoms with Gasteiger partial charge in [0.2, 0.25) is 0 Å². The molecular formula is C18H20N2O3. The van der Waals surface area contributed by atoms with Crippen LogP contribution in [0.15, 0.2) is 47.4 Å². The molecule has 0 unspecified atom stereocenters. The van der Waals surface area contributed by atoms with E-state index in [1.165, 1.54) is 0 Å². The summed E-state index contributed by atoms with van der Waals surface area (Å²) in [7, 11) is 0. The predicted octanol–water partition coefficient (Wildman–Crippen LogP) is 1.68. The van der Waals surface area contributed by atoms with E-state index in [1.54, 1.807) is 27.8 Å². The van der Waals surface area contributed by atoms with Crippen LogP contribution in [0.5, 0.6) is 0 Å². The lowest BCUT2D eigenvalue weighted by atomic mass is 10.1. The van der Waals surface area contributed by atoms with E-state index in [1.807, 2.05) is 31.2 Å². The van der Waals surface area contributed by atoms with Gasteiger partial charge < -0.3 is 14.2 Å². The van der Waals surface area contributed by atoms with E-state index in [9.17, 15) is 9.59 Å². The molecule has 1 aromatic heterocycles. The number of aryl methyl sites for hydroxylation is 1. The lowest BCUT2D eigenvalue weighted by Gasteiger charge is -2.26. The van der Waals surface area contributed by atoms with Crippen molar-refractivity contribution in [2.24, 2.45) is 0 Å². The first kappa shape index (κ1) is 15.5. The van der Waals surface area contributed by atoms with Crippen LogP contribution < -0.4 is 5.56 Å². The standard InChI is InChI=1S/C18H20N2O3/c1-14-4-2-5-15(12-14)13-20-7-3-6-16(18(20)22)17(21)19-8-10-23-11-9-19/h2-7,12H,8-11,13H2,1H3. The Kier molecular flexibility index (Phi) is 4.57. The Labute approximate surface area is 135 Å². The molecule has 3 rings (SSSR count). The van der Waals surface area contributed by atoms with Crippen molar-refractivity contribution in [2.45, 2.75) is 13.5 Å². The molecule has 1 saturated heterocycles. The molecule has 120 valence electrons. The lowest BCUT2D eigenvalue weighted by Crippen LogP contribution is -2.43. The highest BCUT2D eigenvalue weighted by atomic mass is 16.5. The lowest BCUT2D eigenvalue weighted by molar-refractivity contribution is 0.0301. The number of aromatic nitrogens is 1. The fourth-order valence-electron chi connectivity index (χ4n) is 2.77. The molecule has 1 aliphatic rings. The smallest absolute Gasteiger partial charge is 0.263 e. The molecule has 0 N–H and O–H groups in total. The van der Waals surface area contributed by atoms with Crippen LogP contribution in [-0.2, 0) is 11.3 Å². The van der Waals surface area contributed by atoms with Crippen molar-refractivity contribution in [2.75, 3.05) is 26.3 Å². The highest BCUT2D eigenvalue weighted by molar-refractivity contribution is 5.93. The number of amides is 1. The molecule has 0 saturated carbocycles. The van der Waals surface area contributed by atoms with E-state index < -0.39 is 0 Å². The predicted molar refractivity (Wildman–Crippen MR) is 87.7 cm³/mol. The second-order valence-corrected chi connectivity index (χ2v) is 5.75. The maximum atomic E-state index is 12.6. The van der Waals surface area contributed by atoms with Gasteiger partial charge >= 0.3 is 0 Å². The van der Waals surface area contributed by atoms with Crippen LogP contribution in [0, 0.1) is 6.92 Å². The Bertz CT molecular complexity index is 761. The molecule has 1 fully saturated rings. The average Bonchev–Trinajstić information content (AvgIpc) is 2.57. The van der Waals surface area contributed by atoms with Gasteiger partial charge in [0.25, 0.3) is 11.5 Å². The van der Waals surface area contributed by atoms with Gasteiger partial charge in [-0.05, 0) is 24.6 Å². The summed E-state index contributed by atoms with van der Waals surface area (Å²) in [4.78, 5) is 26.8. The SMILES string of the molecule is Cc1cccc(Cn2cccc(C(=O)N3CCOCC3)c2=O)c1. The Balaban J connectivity index is 1.86. The number of pyridine rings is 1. The first-order valence-electron chi connectivity index (χ1n) is 7.77. The second-order valence-electron chi connectivity index (χ2n) is 5.75. The number of carbonyl (C=O) groups is 1. The first-order valence-corrected chi connectivity index (χ1v) is 7.77. The molecule has 23 heavy (non-hydrogen) atoms. The van der Waals surface area contributed by atoms with Gasteiger partial charge in [0.1, 0.15) is 5.56 Å². The van der Waals surface area contributed by atoms with Crippen molar-refractivity contribution in [3.8, 4) is 0 Å².